The number of carbonyl (C=O) groups is 2. The number of nitrogens with zero attached hydrogens (tertiary/aromatic N) is 5. The summed E-state index contributed by atoms with van der Waals surface area (Å²) in [6.07, 6.45) is 0. The van der Waals surface area contributed by atoms with Crippen LogP contribution in [0.3, 0.4) is 0 Å². The zero-order valence-electron chi connectivity index (χ0n) is 13.0. The van der Waals surface area contributed by atoms with Gasteiger partial charge in [0, 0.05) is 26.2 Å². The highest BCUT2D eigenvalue weighted by atomic mass is 35.5. The van der Waals surface area contributed by atoms with Crippen LogP contribution in [0, 0.1) is 0 Å². The van der Waals surface area contributed by atoms with Gasteiger partial charge in [-0.15, -0.1) is 0 Å². The molecule has 1 aliphatic rings. The van der Waals surface area contributed by atoms with E-state index in [0.29, 0.717) is 13.1 Å². The molecule has 130 valence electrons. The lowest BCUT2D eigenvalue weighted by molar-refractivity contribution is 0.0998. The van der Waals surface area contributed by atoms with E-state index in [0.717, 1.165) is 13.1 Å². The van der Waals surface area contributed by atoms with Crippen molar-refractivity contribution in [3.8, 4) is 0 Å². The fourth-order valence-electron chi connectivity index (χ4n) is 1.99. The topological polar surface area (TPSA) is 169 Å². The summed E-state index contributed by atoms with van der Waals surface area (Å²) in [7, 11) is 1.97. The molecule has 3 amide bonds. The average molecular weight is 356 g/mol. The monoisotopic (exact) mass is 355 g/mol. The van der Waals surface area contributed by atoms with E-state index >= 15 is 0 Å². The number of likely N-dealkylation sites (N-methyl/N-ethyl adjacent to an activating group) is 1. The molecule has 0 bridgehead atoms. The number of anilines is 2. The first kappa shape index (κ1) is 17.7. The van der Waals surface area contributed by atoms with E-state index in [1.807, 2.05) is 7.05 Å². The van der Waals surface area contributed by atoms with Gasteiger partial charge in [-0.1, -0.05) is 11.6 Å². The van der Waals surface area contributed by atoms with E-state index in [2.05, 4.69) is 25.2 Å². The van der Waals surface area contributed by atoms with Gasteiger partial charge in [-0.2, -0.15) is 4.99 Å². The lowest BCUT2D eigenvalue weighted by atomic mass is 10.3. The van der Waals surface area contributed by atoms with E-state index in [-0.39, 0.29) is 28.4 Å². The van der Waals surface area contributed by atoms with Crippen LogP contribution in [-0.4, -0.2) is 70.9 Å². The van der Waals surface area contributed by atoms with Gasteiger partial charge >= 0.3 is 11.9 Å². The Hall–Kier alpha value is -2.66. The van der Waals surface area contributed by atoms with E-state index < -0.39 is 11.9 Å². The Morgan fingerprint density at radius 3 is 2.42 bits per heavy atom. The lowest BCUT2D eigenvalue weighted by Gasteiger charge is -2.32. The number of aliphatic imine (C=N–C) groups is 1. The molecule has 0 spiro atoms. The number of nitrogen functional groups attached to an aromatic ring is 2. The molecule has 0 unspecified atom stereocenters. The summed E-state index contributed by atoms with van der Waals surface area (Å²) in [4.78, 5) is 38.6. The van der Waals surface area contributed by atoms with Crippen molar-refractivity contribution in [2.24, 2.45) is 10.7 Å². The van der Waals surface area contributed by atoms with Crippen molar-refractivity contribution in [1.29, 1.82) is 0 Å². The molecule has 0 saturated carbocycles. The summed E-state index contributed by atoms with van der Waals surface area (Å²) in [5.41, 5.74) is 16.3. The van der Waals surface area contributed by atoms with Crippen molar-refractivity contribution >= 4 is 41.1 Å². The van der Waals surface area contributed by atoms with E-state index in [1.54, 1.807) is 4.90 Å². The molecule has 0 atom stereocenters. The van der Waals surface area contributed by atoms with Crippen LogP contribution in [-0.2, 0) is 0 Å². The second-order valence-electron chi connectivity index (χ2n) is 5.16. The Kier molecular flexibility index (Phi) is 5.36. The van der Waals surface area contributed by atoms with Crippen molar-refractivity contribution in [3.63, 3.8) is 0 Å². The summed E-state index contributed by atoms with van der Waals surface area (Å²) in [5.74, 6) is -1.61. The highest BCUT2D eigenvalue weighted by molar-refractivity contribution is 6.31. The highest BCUT2D eigenvalue weighted by Gasteiger charge is 2.20. The number of rotatable bonds is 1. The number of halogens is 1. The van der Waals surface area contributed by atoms with Crippen LogP contribution in [0.5, 0.6) is 0 Å². The Balaban J connectivity index is 2.03. The number of nitrogens with two attached hydrogens (primary N) is 3. The van der Waals surface area contributed by atoms with Gasteiger partial charge in [-0.25, -0.2) is 14.8 Å². The van der Waals surface area contributed by atoms with Crippen molar-refractivity contribution in [3.05, 3.63) is 10.8 Å². The number of guanidine groups is 1. The normalized spacial score (nSPS) is 16.1. The van der Waals surface area contributed by atoms with Gasteiger partial charge in [0.15, 0.2) is 22.5 Å². The fourth-order valence-corrected chi connectivity index (χ4v) is 2.11. The number of aromatic nitrogens is 2. The molecule has 2 heterocycles. The molecular weight excluding hydrogens is 338 g/mol. The van der Waals surface area contributed by atoms with E-state index in [4.69, 9.17) is 28.8 Å². The number of nitrogens with one attached hydrogen (secondary N) is 1. The first-order valence-corrected chi connectivity index (χ1v) is 7.37. The number of amides is 3. The van der Waals surface area contributed by atoms with Gasteiger partial charge in [0.1, 0.15) is 0 Å². The zero-order chi connectivity index (χ0) is 17.9. The Labute approximate surface area is 142 Å². The average Bonchev–Trinajstić information content (AvgIpc) is 2.51. The van der Waals surface area contributed by atoms with Gasteiger partial charge in [0.05, 0.1) is 0 Å². The molecule has 1 aromatic heterocycles. The third-order valence-corrected chi connectivity index (χ3v) is 3.63. The van der Waals surface area contributed by atoms with Gasteiger partial charge < -0.3 is 27.0 Å². The predicted octanol–water partition coefficient (Wildman–Crippen LogP) is -1.29. The zero-order valence-corrected chi connectivity index (χ0v) is 13.7. The maximum absolute atomic E-state index is 12.0. The molecule has 0 radical (unpaired) electrons. The summed E-state index contributed by atoms with van der Waals surface area (Å²) < 4.78 is 0. The molecule has 12 heteroatoms. The molecule has 1 aromatic rings. The third kappa shape index (κ3) is 4.20. The number of hydrogen-bond acceptors (Lipinski definition) is 7. The summed E-state index contributed by atoms with van der Waals surface area (Å²) in [5, 5.41) is 2.16. The minimum absolute atomic E-state index is 0.106. The Bertz CT molecular complexity index is 685. The predicted molar refractivity (Wildman–Crippen MR) is 89.4 cm³/mol. The number of urea groups is 1. The van der Waals surface area contributed by atoms with Crippen molar-refractivity contribution in [2.45, 2.75) is 0 Å². The lowest BCUT2D eigenvalue weighted by Crippen LogP contribution is -2.53. The second-order valence-corrected chi connectivity index (χ2v) is 5.51. The molecule has 0 aliphatic carbocycles. The van der Waals surface area contributed by atoms with Crippen LogP contribution in [0.15, 0.2) is 4.99 Å². The molecule has 1 saturated heterocycles. The Morgan fingerprint density at radius 1 is 1.17 bits per heavy atom. The minimum atomic E-state index is -0.891. The van der Waals surface area contributed by atoms with Crippen LogP contribution >= 0.6 is 11.6 Å². The molecule has 2 rings (SSSR count). The van der Waals surface area contributed by atoms with Crippen LogP contribution < -0.4 is 22.5 Å². The SMILES string of the molecule is CN1CCN(C(=O)N/C(N)=N\C(=O)c2nc(Cl)c(N)nc2N)CC1. The smallest absolute Gasteiger partial charge is 0.324 e. The van der Waals surface area contributed by atoms with Crippen LogP contribution in [0.4, 0.5) is 16.4 Å². The first-order valence-electron chi connectivity index (χ1n) is 6.99. The van der Waals surface area contributed by atoms with Crippen molar-refractivity contribution in [2.75, 3.05) is 44.7 Å². The summed E-state index contributed by atoms with van der Waals surface area (Å²) in [6, 6.07) is -0.438. The van der Waals surface area contributed by atoms with Crippen molar-refractivity contribution in [1.82, 2.24) is 25.1 Å². The van der Waals surface area contributed by atoms with Gasteiger partial charge in [0.25, 0.3) is 0 Å². The fraction of sp³-hybridized carbons (Fsp3) is 0.417. The second kappa shape index (κ2) is 7.27. The first-order chi connectivity index (χ1) is 11.3. The maximum Gasteiger partial charge on any atom is 0.324 e. The standard InChI is InChI=1S/C12H18ClN9O2/c1-21-2-4-22(5-3-21)12(24)20-11(16)19-10(23)6-8(14)18-9(15)7(13)17-6/h2-5H2,1H3,(H4,14,15,18)(H3,16,19,20,23,24). The molecule has 7 N–H and O–H groups in total. The quantitative estimate of drug-likeness (QED) is 0.356. The maximum atomic E-state index is 12.0. The van der Waals surface area contributed by atoms with Crippen LogP contribution in [0.2, 0.25) is 5.15 Å². The van der Waals surface area contributed by atoms with E-state index in [1.165, 1.54) is 0 Å². The van der Waals surface area contributed by atoms with Gasteiger partial charge in [0.2, 0.25) is 5.96 Å². The third-order valence-electron chi connectivity index (χ3n) is 3.35. The van der Waals surface area contributed by atoms with Gasteiger partial charge in [-0.05, 0) is 7.05 Å². The minimum Gasteiger partial charge on any atom is -0.382 e. The summed E-state index contributed by atoms with van der Waals surface area (Å²) in [6.45, 7) is 2.60. The highest BCUT2D eigenvalue weighted by Crippen LogP contribution is 2.17. The van der Waals surface area contributed by atoms with Crippen molar-refractivity contribution < 1.29 is 9.59 Å². The Morgan fingerprint density at radius 2 is 1.79 bits per heavy atom. The van der Waals surface area contributed by atoms with E-state index in [9.17, 15) is 9.59 Å². The number of piperazine rings is 1. The van der Waals surface area contributed by atoms with Crippen LogP contribution in [0.1, 0.15) is 10.5 Å². The number of hydrogen-bond donors (Lipinski definition) is 4. The molecule has 24 heavy (non-hydrogen) atoms. The molecule has 1 fully saturated rings. The summed E-state index contributed by atoms with van der Waals surface area (Å²) >= 11 is 5.70. The molecule has 0 aromatic carbocycles. The largest absolute Gasteiger partial charge is 0.382 e. The number of carbonyl (C=O) groups excluding carboxylic acids is 2. The van der Waals surface area contributed by atoms with Gasteiger partial charge in [-0.3, -0.25) is 10.1 Å². The molecule has 1 aliphatic heterocycles. The van der Waals surface area contributed by atoms with Crippen LogP contribution in [0.25, 0.3) is 0 Å². The molecular formula is C12H18ClN9O2. The molecule has 11 nitrogen and oxygen atoms in total.